The van der Waals surface area contributed by atoms with E-state index < -0.39 is 0 Å². The quantitative estimate of drug-likeness (QED) is 0.296. The fraction of sp³-hybridized carbons (Fsp3) is 0.483. The highest BCUT2D eigenvalue weighted by Crippen LogP contribution is 2.43. The number of nitrogens with zero attached hydrogens (tertiary/aromatic N) is 3. The van der Waals surface area contributed by atoms with Gasteiger partial charge in [0.25, 0.3) is 0 Å². The average molecular weight is 460 g/mol. The number of fused-ring (bicyclic) bond motifs is 1. The molecule has 2 aromatic carbocycles. The molecule has 1 saturated carbocycles. The van der Waals surface area contributed by atoms with Crippen molar-refractivity contribution < 1.29 is 9.47 Å². The Morgan fingerprint density at radius 3 is 2.35 bits per heavy atom. The zero-order chi connectivity index (χ0) is 24.1. The van der Waals surface area contributed by atoms with Gasteiger partial charge in [0, 0.05) is 24.0 Å². The van der Waals surface area contributed by atoms with E-state index in [0.29, 0.717) is 12.6 Å². The van der Waals surface area contributed by atoms with Gasteiger partial charge in [-0.3, -0.25) is 0 Å². The van der Waals surface area contributed by atoms with E-state index in [9.17, 15) is 5.26 Å². The third-order valence-corrected chi connectivity index (χ3v) is 6.81. The third-order valence-electron chi connectivity index (χ3n) is 6.81. The number of nitriles is 1. The lowest BCUT2D eigenvalue weighted by Crippen LogP contribution is -2.25. The van der Waals surface area contributed by atoms with E-state index >= 15 is 0 Å². The molecule has 0 unspecified atom stereocenters. The summed E-state index contributed by atoms with van der Waals surface area (Å²) in [6, 6.07) is 17.3. The van der Waals surface area contributed by atoms with Crippen LogP contribution in [-0.2, 0) is 0 Å². The van der Waals surface area contributed by atoms with Crippen molar-refractivity contribution in [3.05, 3.63) is 48.0 Å². The molecule has 1 aliphatic rings. The van der Waals surface area contributed by atoms with Crippen LogP contribution in [0.5, 0.6) is 11.5 Å². The minimum Gasteiger partial charge on any atom is -0.493 e. The maximum atomic E-state index is 10.2. The van der Waals surface area contributed by atoms with Crippen LogP contribution in [0.15, 0.2) is 42.5 Å². The molecule has 0 aliphatic heterocycles. The first-order valence-corrected chi connectivity index (χ1v) is 12.8. The van der Waals surface area contributed by atoms with Crippen molar-refractivity contribution in [1.82, 2.24) is 9.47 Å². The van der Waals surface area contributed by atoms with Crippen LogP contribution in [-0.4, -0.2) is 41.8 Å². The van der Waals surface area contributed by atoms with Gasteiger partial charge in [-0.2, -0.15) is 5.26 Å². The van der Waals surface area contributed by atoms with E-state index in [1.54, 1.807) is 0 Å². The van der Waals surface area contributed by atoms with E-state index in [2.05, 4.69) is 53.6 Å². The van der Waals surface area contributed by atoms with E-state index in [4.69, 9.17) is 9.47 Å². The van der Waals surface area contributed by atoms with Crippen molar-refractivity contribution in [3.8, 4) is 28.8 Å². The molecule has 1 fully saturated rings. The van der Waals surface area contributed by atoms with Gasteiger partial charge in [0.15, 0.2) is 0 Å². The van der Waals surface area contributed by atoms with Crippen LogP contribution in [0.3, 0.4) is 0 Å². The topological polar surface area (TPSA) is 50.4 Å². The summed E-state index contributed by atoms with van der Waals surface area (Å²) in [6.45, 7) is 12.3. The van der Waals surface area contributed by atoms with Gasteiger partial charge in [-0.25, -0.2) is 0 Å². The van der Waals surface area contributed by atoms with Gasteiger partial charge >= 0.3 is 0 Å². The van der Waals surface area contributed by atoms with Crippen LogP contribution in [0.1, 0.15) is 65.0 Å². The van der Waals surface area contributed by atoms with Gasteiger partial charge in [0.05, 0.1) is 29.5 Å². The molecular formula is C29H37N3O2. The first-order valence-electron chi connectivity index (χ1n) is 12.8. The highest BCUT2D eigenvalue weighted by molar-refractivity contribution is 5.95. The highest BCUT2D eigenvalue weighted by atomic mass is 16.5. The molecule has 0 spiro atoms. The molecular weight excluding hydrogens is 422 g/mol. The predicted octanol–water partition coefficient (Wildman–Crippen LogP) is 6.80. The van der Waals surface area contributed by atoms with E-state index in [1.807, 2.05) is 32.0 Å². The van der Waals surface area contributed by atoms with Crippen LogP contribution in [0.4, 0.5) is 0 Å². The molecule has 34 heavy (non-hydrogen) atoms. The van der Waals surface area contributed by atoms with Crippen molar-refractivity contribution in [2.45, 2.75) is 65.5 Å². The van der Waals surface area contributed by atoms with Crippen LogP contribution >= 0.6 is 0 Å². The molecule has 180 valence electrons. The summed E-state index contributed by atoms with van der Waals surface area (Å²) in [4.78, 5) is 2.41. The standard InChI is InChI=1S/C29H37N3O2/c1-5-31(6-2)17-8-18-33-25-15-16-26-27(20-30)29(32(28(26)19-25)23-9-7-10-23)22-11-13-24(14-12-22)34-21(3)4/h11-16,19,21,23H,5-10,17-18H2,1-4H3. The fourth-order valence-corrected chi connectivity index (χ4v) is 4.78. The van der Waals surface area contributed by atoms with Gasteiger partial charge in [-0.15, -0.1) is 0 Å². The molecule has 5 nitrogen and oxygen atoms in total. The molecule has 0 amide bonds. The Bertz CT molecular complexity index is 1130. The molecule has 1 aliphatic carbocycles. The van der Waals surface area contributed by atoms with Gasteiger partial charge in [-0.1, -0.05) is 13.8 Å². The Morgan fingerprint density at radius 2 is 1.76 bits per heavy atom. The Balaban J connectivity index is 1.66. The molecule has 4 rings (SSSR count). The van der Waals surface area contributed by atoms with Crippen LogP contribution < -0.4 is 9.47 Å². The largest absolute Gasteiger partial charge is 0.493 e. The smallest absolute Gasteiger partial charge is 0.121 e. The van der Waals surface area contributed by atoms with Crippen molar-refractivity contribution in [2.75, 3.05) is 26.2 Å². The van der Waals surface area contributed by atoms with Crippen molar-refractivity contribution in [1.29, 1.82) is 5.26 Å². The van der Waals surface area contributed by atoms with E-state index in [-0.39, 0.29) is 6.10 Å². The zero-order valence-electron chi connectivity index (χ0n) is 21.0. The fourth-order valence-electron chi connectivity index (χ4n) is 4.78. The molecule has 0 saturated heterocycles. The minimum atomic E-state index is 0.132. The summed E-state index contributed by atoms with van der Waals surface area (Å²) in [6.07, 6.45) is 4.65. The number of aromatic nitrogens is 1. The van der Waals surface area contributed by atoms with Gasteiger partial charge < -0.3 is 18.9 Å². The predicted molar refractivity (Wildman–Crippen MR) is 139 cm³/mol. The zero-order valence-corrected chi connectivity index (χ0v) is 21.0. The van der Waals surface area contributed by atoms with Gasteiger partial charge in [0.1, 0.15) is 17.6 Å². The van der Waals surface area contributed by atoms with Crippen LogP contribution in [0.25, 0.3) is 22.2 Å². The summed E-state index contributed by atoms with van der Waals surface area (Å²) in [5.74, 6) is 1.73. The Labute approximate surface area is 203 Å². The molecule has 1 heterocycles. The Hall–Kier alpha value is -2.97. The first kappa shape index (κ1) is 24.2. The summed E-state index contributed by atoms with van der Waals surface area (Å²) in [7, 11) is 0. The van der Waals surface area contributed by atoms with Gasteiger partial charge in [-0.05, 0) is 94.6 Å². The summed E-state index contributed by atoms with van der Waals surface area (Å²) in [5.41, 5.74) is 3.90. The molecule has 0 atom stereocenters. The van der Waals surface area contributed by atoms with Gasteiger partial charge in [0.2, 0.25) is 0 Å². The van der Waals surface area contributed by atoms with Crippen molar-refractivity contribution in [2.24, 2.45) is 0 Å². The second-order valence-electron chi connectivity index (χ2n) is 9.39. The van der Waals surface area contributed by atoms with Crippen LogP contribution in [0.2, 0.25) is 0 Å². The SMILES string of the molecule is CCN(CC)CCCOc1ccc2c(C#N)c(-c3ccc(OC(C)C)cc3)n(C3CCC3)c2c1. The van der Waals surface area contributed by atoms with E-state index in [1.165, 1.54) is 6.42 Å². The minimum absolute atomic E-state index is 0.132. The molecule has 0 radical (unpaired) electrons. The van der Waals surface area contributed by atoms with Crippen LogP contribution in [0, 0.1) is 11.3 Å². The second-order valence-corrected chi connectivity index (χ2v) is 9.39. The maximum Gasteiger partial charge on any atom is 0.121 e. The van der Waals surface area contributed by atoms with E-state index in [0.717, 1.165) is 78.1 Å². The Morgan fingerprint density at radius 1 is 1.06 bits per heavy atom. The van der Waals surface area contributed by atoms with Crippen molar-refractivity contribution in [3.63, 3.8) is 0 Å². The number of benzene rings is 2. The number of hydrogen-bond acceptors (Lipinski definition) is 4. The summed E-state index contributed by atoms with van der Waals surface area (Å²) >= 11 is 0. The third kappa shape index (κ3) is 5.08. The molecule has 0 bridgehead atoms. The second kappa shape index (κ2) is 11.0. The summed E-state index contributed by atoms with van der Waals surface area (Å²) in [5, 5.41) is 11.2. The highest BCUT2D eigenvalue weighted by Gasteiger charge is 2.28. The lowest BCUT2D eigenvalue weighted by Gasteiger charge is -2.30. The number of hydrogen-bond donors (Lipinski definition) is 0. The van der Waals surface area contributed by atoms with Crippen molar-refractivity contribution >= 4 is 10.9 Å². The lowest BCUT2D eigenvalue weighted by atomic mass is 9.92. The number of rotatable bonds is 11. The molecule has 5 heteroatoms. The average Bonchev–Trinajstić information content (AvgIpc) is 3.11. The Kier molecular flexibility index (Phi) is 7.80. The first-order chi connectivity index (χ1) is 16.5. The molecule has 3 aromatic rings. The molecule has 1 aromatic heterocycles. The maximum absolute atomic E-state index is 10.2. The summed E-state index contributed by atoms with van der Waals surface area (Å²) < 4.78 is 14.4. The lowest BCUT2D eigenvalue weighted by molar-refractivity contribution is 0.242. The monoisotopic (exact) mass is 459 g/mol. The number of ether oxygens (including phenoxy) is 2. The molecule has 0 N–H and O–H groups in total. The normalized spacial score (nSPS) is 13.9.